The second-order valence-electron chi connectivity index (χ2n) is 9.84. The molecule has 0 radical (unpaired) electrons. The Morgan fingerprint density at radius 2 is 1.57 bits per heavy atom. The molecule has 3 aromatic carbocycles. The number of benzene rings is 3. The molecule has 7 heteroatoms. The van der Waals surface area contributed by atoms with Gasteiger partial charge in [-0.3, -0.25) is 14.4 Å². The van der Waals surface area contributed by atoms with Gasteiger partial charge in [0.05, 0.1) is 17.2 Å². The fraction of sp³-hybridized carbons (Fsp3) is 0.300. The minimum atomic E-state index is -0.481. The van der Waals surface area contributed by atoms with Crippen LogP contribution in [0, 0.1) is 19.8 Å². The maximum atomic E-state index is 13.4. The SMILES string of the molecule is Cc1ccc(N2CC(C(=O)Nc3ccccc3C(=O)N3CCN(c4ccccc4)CC3)CC2=O)c(C)c1. The third-order valence-electron chi connectivity index (χ3n) is 7.24. The quantitative estimate of drug-likeness (QED) is 0.573. The Bertz CT molecular complexity index is 1320. The second-order valence-corrected chi connectivity index (χ2v) is 9.84. The lowest BCUT2D eigenvalue weighted by Gasteiger charge is -2.36. The zero-order valence-electron chi connectivity index (χ0n) is 21.3. The summed E-state index contributed by atoms with van der Waals surface area (Å²) in [4.78, 5) is 45.2. The fourth-order valence-electron chi connectivity index (χ4n) is 5.21. The highest BCUT2D eigenvalue weighted by atomic mass is 16.2. The lowest BCUT2D eigenvalue weighted by Crippen LogP contribution is -2.49. The molecule has 190 valence electrons. The highest BCUT2D eigenvalue weighted by Crippen LogP contribution is 2.30. The topological polar surface area (TPSA) is 73.0 Å². The summed E-state index contributed by atoms with van der Waals surface area (Å²) in [7, 11) is 0. The van der Waals surface area contributed by atoms with E-state index in [0.717, 1.165) is 35.6 Å². The summed E-state index contributed by atoms with van der Waals surface area (Å²) < 4.78 is 0. The van der Waals surface area contributed by atoms with Crippen LogP contribution in [-0.4, -0.2) is 55.3 Å². The molecule has 1 N–H and O–H groups in total. The van der Waals surface area contributed by atoms with E-state index in [9.17, 15) is 14.4 Å². The molecule has 0 bridgehead atoms. The number of amides is 3. The maximum Gasteiger partial charge on any atom is 0.256 e. The van der Waals surface area contributed by atoms with Gasteiger partial charge in [-0.1, -0.05) is 48.0 Å². The van der Waals surface area contributed by atoms with Crippen LogP contribution in [0.4, 0.5) is 17.1 Å². The first-order chi connectivity index (χ1) is 17.9. The number of rotatable bonds is 5. The summed E-state index contributed by atoms with van der Waals surface area (Å²) >= 11 is 0. The molecule has 0 saturated carbocycles. The monoisotopic (exact) mass is 496 g/mol. The predicted molar refractivity (Wildman–Crippen MR) is 146 cm³/mol. The molecule has 2 fully saturated rings. The van der Waals surface area contributed by atoms with E-state index in [1.807, 2.05) is 67.3 Å². The maximum absolute atomic E-state index is 13.4. The number of piperazine rings is 1. The first-order valence-corrected chi connectivity index (χ1v) is 12.8. The lowest BCUT2D eigenvalue weighted by atomic mass is 10.1. The number of para-hydroxylation sites is 2. The van der Waals surface area contributed by atoms with Crippen molar-refractivity contribution in [3.63, 3.8) is 0 Å². The number of carbonyl (C=O) groups excluding carboxylic acids is 3. The van der Waals surface area contributed by atoms with Crippen LogP contribution >= 0.6 is 0 Å². The van der Waals surface area contributed by atoms with Gasteiger partial charge in [-0.05, 0) is 49.7 Å². The van der Waals surface area contributed by atoms with Gasteiger partial charge in [0.1, 0.15) is 0 Å². The van der Waals surface area contributed by atoms with E-state index in [-0.39, 0.29) is 24.1 Å². The van der Waals surface area contributed by atoms with E-state index in [1.165, 1.54) is 0 Å². The van der Waals surface area contributed by atoms with Gasteiger partial charge in [0, 0.05) is 50.5 Å². The number of anilines is 3. The van der Waals surface area contributed by atoms with Gasteiger partial charge >= 0.3 is 0 Å². The van der Waals surface area contributed by atoms with E-state index in [4.69, 9.17) is 0 Å². The van der Waals surface area contributed by atoms with Crippen molar-refractivity contribution < 1.29 is 14.4 Å². The van der Waals surface area contributed by atoms with E-state index in [1.54, 1.807) is 17.0 Å². The number of nitrogens with zero attached hydrogens (tertiary/aromatic N) is 3. The molecule has 2 saturated heterocycles. The van der Waals surface area contributed by atoms with Crippen molar-refractivity contribution in [1.29, 1.82) is 0 Å². The molecule has 0 aliphatic carbocycles. The molecule has 3 aromatic rings. The number of carbonyl (C=O) groups is 3. The van der Waals surface area contributed by atoms with Gasteiger partial charge in [-0.25, -0.2) is 0 Å². The third-order valence-corrected chi connectivity index (χ3v) is 7.24. The van der Waals surface area contributed by atoms with Crippen LogP contribution in [0.25, 0.3) is 0 Å². The fourth-order valence-corrected chi connectivity index (χ4v) is 5.21. The van der Waals surface area contributed by atoms with Crippen LogP contribution in [0.3, 0.4) is 0 Å². The van der Waals surface area contributed by atoms with Crippen LogP contribution in [-0.2, 0) is 9.59 Å². The van der Waals surface area contributed by atoms with Crippen molar-refractivity contribution in [2.24, 2.45) is 5.92 Å². The lowest BCUT2D eigenvalue weighted by molar-refractivity contribution is -0.122. The summed E-state index contributed by atoms with van der Waals surface area (Å²) in [6.07, 6.45) is 0.150. The largest absolute Gasteiger partial charge is 0.368 e. The average molecular weight is 497 g/mol. The number of hydrogen-bond donors (Lipinski definition) is 1. The van der Waals surface area contributed by atoms with Gasteiger partial charge in [0.2, 0.25) is 11.8 Å². The van der Waals surface area contributed by atoms with Crippen molar-refractivity contribution in [2.75, 3.05) is 47.8 Å². The number of nitrogens with one attached hydrogen (secondary N) is 1. The van der Waals surface area contributed by atoms with Gasteiger partial charge < -0.3 is 20.0 Å². The van der Waals surface area contributed by atoms with Crippen molar-refractivity contribution in [2.45, 2.75) is 20.3 Å². The molecule has 0 spiro atoms. The van der Waals surface area contributed by atoms with Gasteiger partial charge in [-0.15, -0.1) is 0 Å². The number of aryl methyl sites for hydroxylation is 2. The molecule has 7 nitrogen and oxygen atoms in total. The third kappa shape index (κ3) is 5.21. The highest BCUT2D eigenvalue weighted by Gasteiger charge is 2.36. The molecule has 3 amide bonds. The predicted octanol–water partition coefficient (Wildman–Crippen LogP) is 4.26. The minimum Gasteiger partial charge on any atom is -0.368 e. The molecule has 5 rings (SSSR count). The summed E-state index contributed by atoms with van der Waals surface area (Å²) in [6.45, 7) is 7.04. The average Bonchev–Trinajstić information content (AvgIpc) is 3.30. The molecule has 0 aromatic heterocycles. The molecule has 2 heterocycles. The summed E-state index contributed by atoms with van der Waals surface area (Å²) in [6, 6.07) is 23.3. The van der Waals surface area contributed by atoms with E-state index >= 15 is 0 Å². The zero-order chi connectivity index (χ0) is 25.9. The Morgan fingerprint density at radius 3 is 2.30 bits per heavy atom. The standard InChI is InChI=1S/C30H32N4O3/c1-21-12-13-27(22(2)18-21)34-20-23(19-28(34)35)29(36)31-26-11-7-6-10-25(26)30(37)33-16-14-32(15-17-33)24-8-4-3-5-9-24/h3-13,18,23H,14-17,19-20H2,1-2H3,(H,31,36). The molecule has 37 heavy (non-hydrogen) atoms. The van der Waals surface area contributed by atoms with Crippen LogP contribution < -0.4 is 15.1 Å². The van der Waals surface area contributed by atoms with Crippen LogP contribution in [0.5, 0.6) is 0 Å². The highest BCUT2D eigenvalue weighted by molar-refractivity contribution is 6.07. The minimum absolute atomic E-state index is 0.0623. The van der Waals surface area contributed by atoms with E-state index in [2.05, 4.69) is 22.3 Å². The van der Waals surface area contributed by atoms with Crippen LogP contribution in [0.1, 0.15) is 27.9 Å². The Kier molecular flexibility index (Phi) is 6.95. The first kappa shape index (κ1) is 24.6. The second kappa shape index (κ2) is 10.5. The first-order valence-electron chi connectivity index (χ1n) is 12.8. The Balaban J connectivity index is 1.24. The van der Waals surface area contributed by atoms with E-state index in [0.29, 0.717) is 30.9 Å². The van der Waals surface area contributed by atoms with Gasteiger partial charge in [0.15, 0.2) is 0 Å². The van der Waals surface area contributed by atoms with Crippen molar-refractivity contribution in [3.8, 4) is 0 Å². The molecular weight excluding hydrogens is 464 g/mol. The zero-order valence-corrected chi connectivity index (χ0v) is 21.3. The smallest absolute Gasteiger partial charge is 0.256 e. The number of hydrogen-bond acceptors (Lipinski definition) is 4. The molecule has 2 aliphatic rings. The Morgan fingerprint density at radius 1 is 0.865 bits per heavy atom. The summed E-state index contributed by atoms with van der Waals surface area (Å²) in [5.74, 6) is -0.878. The summed E-state index contributed by atoms with van der Waals surface area (Å²) in [5, 5.41) is 2.95. The molecular formula is C30H32N4O3. The normalized spacial score (nSPS) is 17.7. The summed E-state index contributed by atoms with van der Waals surface area (Å²) in [5.41, 5.74) is 5.10. The van der Waals surface area contributed by atoms with Crippen molar-refractivity contribution >= 4 is 34.8 Å². The van der Waals surface area contributed by atoms with Crippen molar-refractivity contribution in [3.05, 3.63) is 89.5 Å². The molecule has 2 aliphatic heterocycles. The Labute approximate surface area is 217 Å². The molecule has 1 unspecified atom stereocenters. The Hall–Kier alpha value is -4.13. The van der Waals surface area contributed by atoms with Gasteiger partial charge in [-0.2, -0.15) is 0 Å². The van der Waals surface area contributed by atoms with E-state index < -0.39 is 5.92 Å². The van der Waals surface area contributed by atoms with Crippen LogP contribution in [0.2, 0.25) is 0 Å². The van der Waals surface area contributed by atoms with Crippen LogP contribution in [0.15, 0.2) is 72.8 Å². The van der Waals surface area contributed by atoms with Crippen molar-refractivity contribution in [1.82, 2.24) is 4.90 Å². The molecule has 1 atom stereocenters. The van der Waals surface area contributed by atoms with Gasteiger partial charge in [0.25, 0.3) is 5.91 Å².